The fourth-order valence-electron chi connectivity index (χ4n) is 2.48. The number of nitrogens with one attached hydrogen (secondary N) is 1. The minimum atomic E-state index is -0.538. The van der Waals surface area contributed by atoms with E-state index in [1.54, 1.807) is 0 Å². The summed E-state index contributed by atoms with van der Waals surface area (Å²) in [5, 5.41) is 23.0. The number of amidine groups is 1. The Bertz CT molecular complexity index is 749. The molecule has 3 rings (SSSR count). The van der Waals surface area contributed by atoms with E-state index in [0.717, 1.165) is 19.6 Å². The molecule has 0 spiro atoms. The van der Waals surface area contributed by atoms with Crippen LogP contribution in [0.25, 0.3) is 0 Å². The zero-order valence-corrected chi connectivity index (χ0v) is 14.0. The van der Waals surface area contributed by atoms with E-state index < -0.39 is 5.82 Å². The number of hydrogen-bond acceptors (Lipinski definition) is 7. The van der Waals surface area contributed by atoms with Crippen LogP contribution in [0.5, 0.6) is 0 Å². The standard InChI is InChI=1S/C15H17ClFN5O3/c16-11-9-10(1-2-12(11)17)18-15(19-23)14-13(20-25-21-14)3-4-22-5-7-24-8-6-22/h1-2,9,23H,3-8H2,(H,18,19). The van der Waals surface area contributed by atoms with Crippen molar-refractivity contribution in [3.8, 4) is 0 Å². The number of rotatable bonds is 5. The quantitative estimate of drug-likeness (QED) is 0.360. The fourth-order valence-corrected chi connectivity index (χ4v) is 2.66. The first-order chi connectivity index (χ1) is 12.2. The molecule has 0 amide bonds. The van der Waals surface area contributed by atoms with Crippen LogP contribution in [0.2, 0.25) is 5.02 Å². The first-order valence-corrected chi connectivity index (χ1v) is 8.11. The summed E-state index contributed by atoms with van der Waals surface area (Å²) in [6, 6.07) is 4.05. The molecule has 1 aromatic carbocycles. The zero-order valence-electron chi connectivity index (χ0n) is 13.3. The van der Waals surface area contributed by atoms with Crippen molar-refractivity contribution in [1.82, 2.24) is 15.2 Å². The molecule has 1 aliphatic rings. The molecule has 134 valence electrons. The first-order valence-electron chi connectivity index (χ1n) is 7.73. The van der Waals surface area contributed by atoms with E-state index in [2.05, 4.69) is 25.7 Å². The molecule has 1 saturated heterocycles. The number of anilines is 1. The van der Waals surface area contributed by atoms with Gasteiger partial charge in [0.1, 0.15) is 11.5 Å². The molecule has 0 saturated carbocycles. The first kappa shape index (κ1) is 17.6. The molecule has 0 unspecified atom stereocenters. The average Bonchev–Trinajstić information content (AvgIpc) is 3.10. The Hall–Kier alpha value is -2.23. The highest BCUT2D eigenvalue weighted by molar-refractivity contribution is 6.31. The number of oxime groups is 1. The topological polar surface area (TPSA) is 96.0 Å². The van der Waals surface area contributed by atoms with Crippen LogP contribution >= 0.6 is 11.6 Å². The summed E-state index contributed by atoms with van der Waals surface area (Å²) in [5.74, 6) is -0.495. The Labute approximate surface area is 148 Å². The molecule has 1 aliphatic heterocycles. The summed E-state index contributed by atoms with van der Waals surface area (Å²) in [6.45, 7) is 3.88. The Morgan fingerprint density at radius 2 is 2.16 bits per heavy atom. The monoisotopic (exact) mass is 369 g/mol. The van der Waals surface area contributed by atoms with Gasteiger partial charge in [0.05, 0.1) is 18.2 Å². The van der Waals surface area contributed by atoms with Crippen molar-refractivity contribution in [2.45, 2.75) is 6.42 Å². The van der Waals surface area contributed by atoms with E-state index in [0.29, 0.717) is 31.0 Å². The van der Waals surface area contributed by atoms with Gasteiger partial charge in [0, 0.05) is 31.7 Å². The highest BCUT2D eigenvalue weighted by Crippen LogP contribution is 2.20. The molecule has 10 heteroatoms. The second-order valence-electron chi connectivity index (χ2n) is 5.47. The molecule has 2 heterocycles. The molecule has 0 atom stereocenters. The molecular weight excluding hydrogens is 353 g/mol. The third-order valence-corrected chi connectivity index (χ3v) is 4.12. The van der Waals surface area contributed by atoms with Crippen molar-refractivity contribution in [1.29, 1.82) is 0 Å². The summed E-state index contributed by atoms with van der Waals surface area (Å²) < 4.78 is 23.3. The van der Waals surface area contributed by atoms with Gasteiger partial charge < -0.3 is 15.3 Å². The zero-order chi connectivity index (χ0) is 17.6. The van der Waals surface area contributed by atoms with Gasteiger partial charge in [-0.1, -0.05) is 21.9 Å². The van der Waals surface area contributed by atoms with Crippen molar-refractivity contribution < 1.29 is 19.0 Å². The van der Waals surface area contributed by atoms with Gasteiger partial charge in [-0.05, 0) is 23.4 Å². The van der Waals surface area contributed by atoms with E-state index in [1.807, 2.05) is 0 Å². The third kappa shape index (κ3) is 4.44. The van der Waals surface area contributed by atoms with Crippen LogP contribution in [-0.2, 0) is 11.2 Å². The molecule has 25 heavy (non-hydrogen) atoms. The van der Waals surface area contributed by atoms with Gasteiger partial charge in [0.15, 0.2) is 5.69 Å². The SMILES string of the molecule is O/N=C(/Nc1ccc(F)c(Cl)c1)c1nonc1CCN1CCOCC1. The van der Waals surface area contributed by atoms with Crippen LogP contribution in [0.1, 0.15) is 11.4 Å². The lowest BCUT2D eigenvalue weighted by molar-refractivity contribution is 0.0382. The summed E-state index contributed by atoms with van der Waals surface area (Å²) in [6.07, 6.45) is 0.573. The number of nitrogens with zero attached hydrogens (tertiary/aromatic N) is 4. The van der Waals surface area contributed by atoms with Gasteiger partial charge in [-0.3, -0.25) is 4.90 Å². The van der Waals surface area contributed by atoms with E-state index >= 15 is 0 Å². The van der Waals surface area contributed by atoms with Crippen LogP contribution in [0, 0.1) is 5.82 Å². The highest BCUT2D eigenvalue weighted by atomic mass is 35.5. The van der Waals surface area contributed by atoms with Crippen molar-refractivity contribution in [3.05, 3.63) is 40.4 Å². The molecule has 2 aromatic rings. The number of morpholine rings is 1. The minimum Gasteiger partial charge on any atom is -0.409 e. The smallest absolute Gasteiger partial charge is 0.201 e. The highest BCUT2D eigenvalue weighted by Gasteiger charge is 2.19. The third-order valence-electron chi connectivity index (χ3n) is 3.83. The second kappa shape index (κ2) is 8.24. The van der Waals surface area contributed by atoms with Crippen molar-refractivity contribution in [2.24, 2.45) is 5.16 Å². The average molecular weight is 370 g/mol. The van der Waals surface area contributed by atoms with Gasteiger partial charge in [-0.25, -0.2) is 9.02 Å². The molecule has 8 nitrogen and oxygen atoms in total. The Morgan fingerprint density at radius 1 is 1.36 bits per heavy atom. The van der Waals surface area contributed by atoms with E-state index in [4.69, 9.17) is 21.0 Å². The van der Waals surface area contributed by atoms with Crippen molar-refractivity contribution >= 4 is 23.1 Å². The summed E-state index contributed by atoms with van der Waals surface area (Å²) in [5.41, 5.74) is 1.29. The minimum absolute atomic E-state index is 0.0425. The van der Waals surface area contributed by atoms with Gasteiger partial charge >= 0.3 is 0 Å². The molecule has 0 bridgehead atoms. The maximum absolute atomic E-state index is 13.2. The number of halogens is 2. The molecule has 1 fully saturated rings. The van der Waals surface area contributed by atoms with E-state index in [9.17, 15) is 9.60 Å². The van der Waals surface area contributed by atoms with Gasteiger partial charge in [0.25, 0.3) is 0 Å². The predicted octanol–water partition coefficient (Wildman–Crippen LogP) is 1.98. The molecular formula is C15H17ClFN5O3. The van der Waals surface area contributed by atoms with Crippen LogP contribution in [-0.4, -0.2) is 59.1 Å². The number of benzene rings is 1. The van der Waals surface area contributed by atoms with Gasteiger partial charge in [-0.15, -0.1) is 0 Å². The normalized spacial score (nSPS) is 16.2. The molecule has 0 aliphatic carbocycles. The maximum atomic E-state index is 13.2. The van der Waals surface area contributed by atoms with Crippen molar-refractivity contribution in [2.75, 3.05) is 38.2 Å². The Kier molecular flexibility index (Phi) is 5.79. The lowest BCUT2D eigenvalue weighted by Gasteiger charge is -2.26. The largest absolute Gasteiger partial charge is 0.409 e. The molecule has 1 aromatic heterocycles. The number of aromatic nitrogens is 2. The van der Waals surface area contributed by atoms with E-state index in [1.165, 1.54) is 18.2 Å². The Morgan fingerprint density at radius 3 is 2.88 bits per heavy atom. The maximum Gasteiger partial charge on any atom is 0.201 e. The van der Waals surface area contributed by atoms with Crippen LogP contribution in [0.3, 0.4) is 0 Å². The second-order valence-corrected chi connectivity index (χ2v) is 5.87. The lowest BCUT2D eigenvalue weighted by Crippen LogP contribution is -2.37. The summed E-state index contributed by atoms with van der Waals surface area (Å²) in [7, 11) is 0. The fraction of sp³-hybridized carbons (Fsp3) is 0.400. The summed E-state index contributed by atoms with van der Waals surface area (Å²) in [4.78, 5) is 2.24. The summed E-state index contributed by atoms with van der Waals surface area (Å²) >= 11 is 5.75. The van der Waals surface area contributed by atoms with E-state index in [-0.39, 0.29) is 16.6 Å². The number of hydrogen-bond donors (Lipinski definition) is 2. The van der Waals surface area contributed by atoms with Crippen molar-refractivity contribution in [3.63, 3.8) is 0 Å². The van der Waals surface area contributed by atoms with Crippen LogP contribution in [0.15, 0.2) is 28.0 Å². The van der Waals surface area contributed by atoms with Gasteiger partial charge in [0.2, 0.25) is 5.84 Å². The van der Waals surface area contributed by atoms with Crippen LogP contribution in [0.4, 0.5) is 10.1 Å². The molecule has 2 N–H and O–H groups in total. The Balaban J connectivity index is 1.69. The lowest BCUT2D eigenvalue weighted by atomic mass is 10.2. The number of ether oxygens (including phenoxy) is 1. The molecule has 0 radical (unpaired) electrons. The van der Waals surface area contributed by atoms with Gasteiger partial charge in [-0.2, -0.15) is 0 Å². The van der Waals surface area contributed by atoms with Crippen LogP contribution < -0.4 is 5.32 Å². The predicted molar refractivity (Wildman–Crippen MR) is 88.6 cm³/mol.